The predicted molar refractivity (Wildman–Crippen MR) is 40.0 cm³/mol. The van der Waals surface area contributed by atoms with E-state index in [1.54, 1.807) is 13.2 Å². The van der Waals surface area contributed by atoms with E-state index < -0.39 is 0 Å². The molecule has 0 aliphatic carbocycles. The lowest BCUT2D eigenvalue weighted by atomic mass is 10.3. The molecule has 1 N–H and O–H groups in total. The Morgan fingerprint density at radius 1 is 1.70 bits per heavy atom. The minimum Gasteiger partial charge on any atom is -0.468 e. The van der Waals surface area contributed by atoms with Crippen LogP contribution in [0.2, 0.25) is 0 Å². The highest BCUT2D eigenvalue weighted by molar-refractivity contribution is 5.45. The van der Waals surface area contributed by atoms with Crippen molar-refractivity contribution in [3.8, 4) is 6.01 Å². The van der Waals surface area contributed by atoms with Gasteiger partial charge in [-0.1, -0.05) is 6.58 Å². The summed E-state index contributed by atoms with van der Waals surface area (Å²) in [6, 6.07) is 0.535. The molecule has 0 atom stereocenters. The first-order valence-corrected chi connectivity index (χ1v) is 3.01. The number of nitrogens with one attached hydrogen (secondary N) is 1. The molecule has 1 rings (SSSR count). The third-order valence-electron chi connectivity index (χ3n) is 1.29. The summed E-state index contributed by atoms with van der Waals surface area (Å²) in [6.07, 6.45) is 1.69. The van der Waals surface area contributed by atoms with Gasteiger partial charge < -0.3 is 9.72 Å². The summed E-state index contributed by atoms with van der Waals surface area (Å²) in [6.45, 7) is 5.52. The maximum atomic E-state index is 4.86. The Bertz CT molecular complexity index is 240. The Morgan fingerprint density at radius 3 is 2.70 bits per heavy atom. The van der Waals surface area contributed by atoms with Crippen LogP contribution in [0.4, 0.5) is 0 Å². The quantitative estimate of drug-likeness (QED) is 0.670. The molecule has 3 heteroatoms. The zero-order valence-electron chi connectivity index (χ0n) is 6.14. The van der Waals surface area contributed by atoms with Crippen molar-refractivity contribution >= 4 is 6.08 Å². The smallest absolute Gasteiger partial charge is 0.294 e. The molecule has 0 fully saturated rings. The standard InChI is InChI=1S/C7H10N2O/c1-4-6-5(2)8-7(9-6)10-3/h4H,1H2,2-3H3,(H,8,9). The van der Waals surface area contributed by atoms with Crippen molar-refractivity contribution in [1.82, 2.24) is 9.97 Å². The number of hydrogen-bond donors (Lipinski definition) is 1. The SMILES string of the molecule is C=Cc1nc(OC)[nH]c1C. The molecule has 0 bridgehead atoms. The Kier molecular flexibility index (Phi) is 1.76. The Hall–Kier alpha value is -1.25. The van der Waals surface area contributed by atoms with E-state index in [1.165, 1.54) is 0 Å². The number of aryl methyl sites for hydroxylation is 1. The van der Waals surface area contributed by atoms with Crippen LogP contribution in [0.3, 0.4) is 0 Å². The number of hydrogen-bond acceptors (Lipinski definition) is 2. The van der Waals surface area contributed by atoms with Crippen molar-refractivity contribution in [2.75, 3.05) is 7.11 Å². The van der Waals surface area contributed by atoms with E-state index >= 15 is 0 Å². The fraction of sp³-hybridized carbons (Fsp3) is 0.286. The number of H-pyrrole nitrogens is 1. The molecule has 0 radical (unpaired) electrons. The number of methoxy groups -OCH3 is 1. The molecule has 0 saturated carbocycles. The van der Waals surface area contributed by atoms with E-state index in [0.29, 0.717) is 6.01 Å². The molecule has 0 saturated heterocycles. The van der Waals surface area contributed by atoms with Crippen LogP contribution in [0, 0.1) is 6.92 Å². The van der Waals surface area contributed by atoms with Crippen molar-refractivity contribution < 1.29 is 4.74 Å². The summed E-state index contributed by atoms with van der Waals surface area (Å²) in [7, 11) is 1.57. The summed E-state index contributed by atoms with van der Waals surface area (Å²) in [5.74, 6) is 0. The lowest BCUT2D eigenvalue weighted by molar-refractivity contribution is 0.384. The molecule has 0 spiro atoms. The topological polar surface area (TPSA) is 37.9 Å². The van der Waals surface area contributed by atoms with Crippen molar-refractivity contribution in [3.05, 3.63) is 18.0 Å². The minimum atomic E-state index is 0.535. The Labute approximate surface area is 59.7 Å². The minimum absolute atomic E-state index is 0.535. The van der Waals surface area contributed by atoms with Gasteiger partial charge in [-0.15, -0.1) is 0 Å². The van der Waals surface area contributed by atoms with Gasteiger partial charge in [0.05, 0.1) is 12.8 Å². The van der Waals surface area contributed by atoms with Gasteiger partial charge in [-0.3, -0.25) is 0 Å². The lowest BCUT2D eigenvalue weighted by Crippen LogP contribution is -1.83. The number of aromatic nitrogens is 2. The maximum absolute atomic E-state index is 4.86. The van der Waals surface area contributed by atoms with Gasteiger partial charge in [0.1, 0.15) is 0 Å². The average molecular weight is 138 g/mol. The van der Waals surface area contributed by atoms with Crippen LogP contribution in [0.1, 0.15) is 11.4 Å². The molecule has 0 aliphatic rings. The molecule has 3 nitrogen and oxygen atoms in total. The highest BCUT2D eigenvalue weighted by Gasteiger charge is 2.00. The van der Waals surface area contributed by atoms with E-state index in [-0.39, 0.29) is 0 Å². The Morgan fingerprint density at radius 2 is 2.40 bits per heavy atom. The van der Waals surface area contributed by atoms with Gasteiger partial charge in [0.15, 0.2) is 0 Å². The van der Waals surface area contributed by atoms with Crippen LogP contribution >= 0.6 is 0 Å². The highest BCUT2D eigenvalue weighted by Crippen LogP contribution is 2.10. The van der Waals surface area contributed by atoms with E-state index in [0.717, 1.165) is 11.4 Å². The molecule has 54 valence electrons. The second-order valence-electron chi connectivity index (χ2n) is 1.96. The zero-order valence-corrected chi connectivity index (χ0v) is 6.14. The number of ether oxygens (including phenoxy) is 1. The van der Waals surface area contributed by atoms with Gasteiger partial charge in [0.2, 0.25) is 0 Å². The van der Waals surface area contributed by atoms with Crippen molar-refractivity contribution in [1.29, 1.82) is 0 Å². The first-order chi connectivity index (χ1) is 4.77. The summed E-state index contributed by atoms with van der Waals surface area (Å²) in [4.78, 5) is 6.99. The van der Waals surface area contributed by atoms with E-state index in [4.69, 9.17) is 4.74 Å². The van der Waals surface area contributed by atoms with Gasteiger partial charge in [-0.2, -0.15) is 4.98 Å². The van der Waals surface area contributed by atoms with Crippen molar-refractivity contribution in [2.45, 2.75) is 6.92 Å². The molecule has 0 aromatic carbocycles. The fourth-order valence-electron chi connectivity index (χ4n) is 0.741. The van der Waals surface area contributed by atoms with Crippen LogP contribution < -0.4 is 4.74 Å². The summed E-state index contributed by atoms with van der Waals surface area (Å²) < 4.78 is 4.86. The van der Waals surface area contributed by atoms with E-state index in [1.807, 2.05) is 6.92 Å². The van der Waals surface area contributed by atoms with Crippen molar-refractivity contribution in [2.24, 2.45) is 0 Å². The molecule has 1 aromatic rings. The molecule has 0 amide bonds. The Balaban J connectivity index is 3.03. The van der Waals surface area contributed by atoms with Crippen LogP contribution in [0.25, 0.3) is 6.08 Å². The molecular weight excluding hydrogens is 128 g/mol. The first kappa shape index (κ1) is 6.86. The van der Waals surface area contributed by atoms with Gasteiger partial charge in [-0.05, 0) is 13.0 Å². The molecular formula is C7H10N2O. The molecule has 10 heavy (non-hydrogen) atoms. The van der Waals surface area contributed by atoms with Crippen LogP contribution in [-0.4, -0.2) is 17.1 Å². The number of imidazole rings is 1. The predicted octanol–water partition coefficient (Wildman–Crippen LogP) is 1.37. The second kappa shape index (κ2) is 2.56. The van der Waals surface area contributed by atoms with E-state index in [9.17, 15) is 0 Å². The van der Waals surface area contributed by atoms with Gasteiger partial charge in [-0.25, -0.2) is 0 Å². The number of rotatable bonds is 2. The fourth-order valence-corrected chi connectivity index (χ4v) is 0.741. The zero-order chi connectivity index (χ0) is 7.56. The average Bonchev–Trinajstić information content (AvgIpc) is 2.30. The third-order valence-corrected chi connectivity index (χ3v) is 1.29. The number of nitrogens with zero attached hydrogens (tertiary/aromatic N) is 1. The first-order valence-electron chi connectivity index (χ1n) is 3.01. The summed E-state index contributed by atoms with van der Waals surface area (Å²) in [5, 5.41) is 0. The molecule has 1 aromatic heterocycles. The maximum Gasteiger partial charge on any atom is 0.294 e. The van der Waals surface area contributed by atoms with Crippen LogP contribution in [-0.2, 0) is 0 Å². The van der Waals surface area contributed by atoms with Crippen LogP contribution in [0.5, 0.6) is 6.01 Å². The van der Waals surface area contributed by atoms with Gasteiger partial charge in [0, 0.05) is 5.69 Å². The molecule has 0 unspecified atom stereocenters. The highest BCUT2D eigenvalue weighted by atomic mass is 16.5. The largest absolute Gasteiger partial charge is 0.468 e. The van der Waals surface area contributed by atoms with Crippen molar-refractivity contribution in [3.63, 3.8) is 0 Å². The summed E-state index contributed by atoms with van der Waals surface area (Å²) in [5.41, 5.74) is 1.82. The van der Waals surface area contributed by atoms with E-state index in [2.05, 4.69) is 16.5 Å². The monoisotopic (exact) mass is 138 g/mol. The normalized spacial score (nSPS) is 9.40. The van der Waals surface area contributed by atoms with Gasteiger partial charge in [0.25, 0.3) is 6.01 Å². The lowest BCUT2D eigenvalue weighted by Gasteiger charge is -1.86. The number of aromatic amines is 1. The summed E-state index contributed by atoms with van der Waals surface area (Å²) >= 11 is 0. The van der Waals surface area contributed by atoms with Crippen LogP contribution in [0.15, 0.2) is 6.58 Å². The molecule has 1 heterocycles. The molecule has 0 aliphatic heterocycles. The second-order valence-corrected chi connectivity index (χ2v) is 1.96. The van der Waals surface area contributed by atoms with Gasteiger partial charge >= 0.3 is 0 Å². The third kappa shape index (κ3) is 1.03.